The smallest absolute Gasteiger partial charge is 0.337 e. The van der Waals surface area contributed by atoms with Crippen molar-refractivity contribution < 1.29 is 38.7 Å². The Morgan fingerprint density at radius 3 is 1.45 bits per heavy atom. The molecule has 1 unspecified atom stereocenters. The number of aliphatic hydroxyl groups is 1. The monoisotopic (exact) mass is 778 g/mol. The molecule has 0 saturated heterocycles. The Labute approximate surface area is 330 Å². The Balaban J connectivity index is 0.000000212. The number of aryl methyl sites for hydroxylation is 2. The minimum Gasteiger partial charge on any atom is -0.485 e. The summed E-state index contributed by atoms with van der Waals surface area (Å²) in [6.45, 7) is 5.03. The quantitative estimate of drug-likeness (QED) is 0.0991. The lowest BCUT2D eigenvalue weighted by Gasteiger charge is -2.19. The molecule has 8 nitrogen and oxygen atoms in total. The van der Waals surface area contributed by atoms with Gasteiger partial charge in [-0.3, -0.25) is 4.79 Å². The minimum absolute atomic E-state index is 0.128. The van der Waals surface area contributed by atoms with Crippen molar-refractivity contribution in [2.24, 2.45) is 0 Å². The highest BCUT2D eigenvalue weighted by atomic mass is 35.5. The first-order valence-electron chi connectivity index (χ1n) is 17.3. The van der Waals surface area contributed by atoms with Crippen LogP contribution in [0.4, 0.5) is 0 Å². The van der Waals surface area contributed by atoms with Crippen LogP contribution < -0.4 is 18.9 Å². The molecule has 10 heteroatoms. The summed E-state index contributed by atoms with van der Waals surface area (Å²) in [6.07, 6.45) is -0.957. The summed E-state index contributed by atoms with van der Waals surface area (Å²) in [5.74, 6) is 0.115. The summed E-state index contributed by atoms with van der Waals surface area (Å²) in [7, 11) is 0. The number of hydrogen-bond donors (Lipinski definition) is 2. The Kier molecular flexibility index (Phi) is 14.7. The Morgan fingerprint density at radius 1 is 0.564 bits per heavy atom. The number of halogens is 2. The number of carbonyl (C=O) groups is 2. The largest absolute Gasteiger partial charge is 0.485 e. The molecule has 55 heavy (non-hydrogen) atoms. The van der Waals surface area contributed by atoms with Gasteiger partial charge in [0.15, 0.2) is 35.4 Å². The van der Waals surface area contributed by atoms with Crippen LogP contribution in [-0.2, 0) is 31.2 Å². The van der Waals surface area contributed by atoms with Crippen LogP contribution in [0.25, 0.3) is 0 Å². The number of hydrogen-bond acceptors (Lipinski definition) is 7. The minimum atomic E-state index is -1.73. The van der Waals surface area contributed by atoms with Crippen molar-refractivity contribution in [3.8, 4) is 23.0 Å². The fourth-order valence-corrected chi connectivity index (χ4v) is 5.81. The number of aliphatic hydroxyl groups excluding tert-OH is 1. The van der Waals surface area contributed by atoms with Gasteiger partial charge in [0.1, 0.15) is 26.4 Å². The van der Waals surface area contributed by atoms with Crippen molar-refractivity contribution >= 4 is 35.5 Å². The first-order chi connectivity index (χ1) is 26.7. The number of rotatable bonds is 15. The van der Waals surface area contributed by atoms with Gasteiger partial charge in [-0.05, 0) is 66.4 Å². The van der Waals surface area contributed by atoms with Crippen LogP contribution in [0, 0.1) is 13.8 Å². The molecule has 0 amide bonds. The molecule has 6 aromatic rings. The molecule has 0 aliphatic heterocycles. The molecule has 0 spiro atoms. The molecule has 0 aromatic heterocycles. The van der Waals surface area contributed by atoms with Gasteiger partial charge in [0, 0.05) is 26.7 Å². The fourth-order valence-electron chi connectivity index (χ4n) is 5.43. The van der Waals surface area contributed by atoms with E-state index in [2.05, 4.69) is 0 Å². The molecule has 282 valence electrons. The number of aldehydes is 1. The highest BCUT2D eigenvalue weighted by molar-refractivity contribution is 6.31. The molecule has 6 rings (SSSR count). The highest BCUT2D eigenvalue weighted by Gasteiger charge is 2.24. The van der Waals surface area contributed by atoms with Crippen molar-refractivity contribution in [1.29, 1.82) is 0 Å². The fraction of sp³-hybridized carbons (Fsp3) is 0.156. The van der Waals surface area contributed by atoms with Crippen LogP contribution in [0.2, 0.25) is 10.0 Å². The third-order valence-corrected chi connectivity index (χ3v) is 9.36. The maximum atomic E-state index is 11.4. The second-order valence-corrected chi connectivity index (χ2v) is 13.2. The molecule has 0 fully saturated rings. The summed E-state index contributed by atoms with van der Waals surface area (Å²) in [5.41, 5.74) is 6.42. The number of para-hydroxylation sites is 2. The maximum absolute atomic E-state index is 11.4. The molecule has 0 saturated carbocycles. The number of carboxylic acids is 1. The number of carboxylic acid groups (broad SMARTS) is 1. The summed E-state index contributed by atoms with van der Waals surface area (Å²) in [5, 5.41) is 20.6. The Morgan fingerprint density at radius 2 is 0.982 bits per heavy atom. The van der Waals surface area contributed by atoms with Crippen LogP contribution in [0.1, 0.15) is 55.4 Å². The van der Waals surface area contributed by atoms with E-state index < -0.39 is 12.1 Å². The number of aliphatic carboxylic acids is 1. The molecule has 0 heterocycles. The summed E-state index contributed by atoms with van der Waals surface area (Å²) in [4.78, 5) is 22.8. The molecule has 0 radical (unpaired) electrons. The van der Waals surface area contributed by atoms with Crippen LogP contribution in [0.15, 0.2) is 133 Å². The summed E-state index contributed by atoms with van der Waals surface area (Å²) >= 11 is 12.4. The van der Waals surface area contributed by atoms with Gasteiger partial charge in [0.2, 0.25) is 0 Å². The van der Waals surface area contributed by atoms with E-state index in [0.29, 0.717) is 46.1 Å². The molecule has 0 aliphatic rings. The van der Waals surface area contributed by atoms with Gasteiger partial charge in [-0.25, -0.2) is 4.79 Å². The van der Waals surface area contributed by atoms with E-state index in [1.807, 2.05) is 105 Å². The van der Waals surface area contributed by atoms with E-state index in [9.17, 15) is 19.8 Å². The molecule has 0 aliphatic carbocycles. The van der Waals surface area contributed by atoms with Crippen LogP contribution in [0.3, 0.4) is 0 Å². The first-order valence-corrected chi connectivity index (χ1v) is 18.1. The summed E-state index contributed by atoms with van der Waals surface area (Å²) < 4.78 is 23.7. The van der Waals surface area contributed by atoms with Gasteiger partial charge in [0.05, 0.1) is 5.56 Å². The lowest BCUT2D eigenvalue weighted by molar-refractivity contribution is -0.147. The normalized spacial score (nSPS) is 11.1. The van der Waals surface area contributed by atoms with Gasteiger partial charge >= 0.3 is 5.97 Å². The predicted molar refractivity (Wildman–Crippen MR) is 213 cm³/mol. The number of carbonyl (C=O) groups excluding carboxylic acids is 1. The molecular weight excluding hydrogens is 739 g/mol. The van der Waals surface area contributed by atoms with Gasteiger partial charge in [-0.15, -0.1) is 0 Å². The van der Waals surface area contributed by atoms with E-state index in [1.54, 1.807) is 36.4 Å². The Hall–Kier alpha value is -5.80. The average Bonchev–Trinajstić information content (AvgIpc) is 3.19. The van der Waals surface area contributed by atoms with Crippen molar-refractivity contribution in [3.63, 3.8) is 0 Å². The zero-order chi connectivity index (χ0) is 39.2. The van der Waals surface area contributed by atoms with Crippen LogP contribution in [-0.4, -0.2) is 22.5 Å². The second-order valence-electron chi connectivity index (χ2n) is 12.4. The maximum Gasteiger partial charge on any atom is 0.337 e. The molecule has 6 aromatic carbocycles. The molecule has 0 bridgehead atoms. The third kappa shape index (κ3) is 11.1. The lowest BCUT2D eigenvalue weighted by atomic mass is 10.1. The zero-order valence-electron chi connectivity index (χ0n) is 30.3. The van der Waals surface area contributed by atoms with Gasteiger partial charge in [-0.2, -0.15) is 0 Å². The van der Waals surface area contributed by atoms with Crippen molar-refractivity contribution in [1.82, 2.24) is 0 Å². The van der Waals surface area contributed by atoms with E-state index in [-0.39, 0.29) is 24.5 Å². The molecular formula is C45H40Cl2O8. The van der Waals surface area contributed by atoms with E-state index >= 15 is 0 Å². The summed E-state index contributed by atoms with van der Waals surface area (Å²) in [6, 6.07) is 40.5. The standard InChI is InChI=1S/C23H21ClO5.C22H19ClO3/c1-15-7-2-3-8-16(15)13-29-22-18(21(25)23(26)27)10-6-12-20(22)28-14-17-9-4-5-11-19(17)24;1-16-7-2-3-8-18(16)14-26-22-17(13-24)10-6-12-21(22)25-15-19-9-4-5-11-20(19)23/h2-12,21,25H,13-14H2,1H3,(H,26,27);2-13H,14-15H2,1H3. The van der Waals surface area contributed by atoms with Gasteiger partial charge in [-0.1, -0.05) is 126 Å². The topological polar surface area (TPSA) is 112 Å². The average molecular weight is 780 g/mol. The third-order valence-electron chi connectivity index (χ3n) is 8.62. The second kappa shape index (κ2) is 20.0. The molecule has 2 N–H and O–H groups in total. The lowest BCUT2D eigenvalue weighted by Crippen LogP contribution is -2.13. The van der Waals surface area contributed by atoms with Crippen molar-refractivity contribution in [3.05, 3.63) is 188 Å². The zero-order valence-corrected chi connectivity index (χ0v) is 31.8. The van der Waals surface area contributed by atoms with E-state index in [4.69, 9.17) is 42.1 Å². The van der Waals surface area contributed by atoms with Gasteiger partial charge in [0.25, 0.3) is 0 Å². The van der Waals surface area contributed by atoms with Crippen LogP contribution >= 0.6 is 23.2 Å². The first kappa shape index (κ1) is 40.4. The number of benzene rings is 6. The van der Waals surface area contributed by atoms with E-state index in [0.717, 1.165) is 39.7 Å². The van der Waals surface area contributed by atoms with Crippen LogP contribution in [0.5, 0.6) is 23.0 Å². The van der Waals surface area contributed by atoms with Crippen molar-refractivity contribution in [2.45, 2.75) is 46.4 Å². The molecule has 1 atom stereocenters. The SMILES string of the molecule is Cc1ccccc1COc1c(C=O)cccc1OCc1ccccc1Cl.Cc1ccccc1COc1c(OCc2ccccc2Cl)cccc1C(O)C(=O)O. The highest BCUT2D eigenvalue weighted by Crippen LogP contribution is 2.37. The number of ether oxygens (including phenoxy) is 4. The van der Waals surface area contributed by atoms with Gasteiger partial charge < -0.3 is 29.2 Å². The Bertz CT molecular complexity index is 2220. The predicted octanol–water partition coefficient (Wildman–Crippen LogP) is 10.5. The van der Waals surface area contributed by atoms with E-state index in [1.165, 1.54) is 6.07 Å². The van der Waals surface area contributed by atoms with Crippen molar-refractivity contribution in [2.75, 3.05) is 0 Å².